The Bertz CT molecular complexity index is 592. The molecule has 4 heteroatoms. The normalized spacial score (nSPS) is 10.0. The highest BCUT2D eigenvalue weighted by molar-refractivity contribution is 6.05. The summed E-state index contributed by atoms with van der Waals surface area (Å²) in [6.45, 7) is 1.87. The number of rotatable bonds is 3. The largest absolute Gasteiger partial charge is 0.497 e. The molecule has 0 saturated carbocycles. The Morgan fingerprint density at radius 3 is 2.47 bits per heavy atom. The van der Waals surface area contributed by atoms with Crippen LogP contribution in [-0.4, -0.2) is 13.0 Å². The molecule has 0 bridgehead atoms. The predicted octanol–water partition coefficient (Wildman–Crippen LogP) is 2.84. The van der Waals surface area contributed by atoms with Gasteiger partial charge in [0, 0.05) is 16.9 Å². The molecule has 4 nitrogen and oxygen atoms in total. The van der Waals surface area contributed by atoms with E-state index >= 15 is 0 Å². The van der Waals surface area contributed by atoms with Gasteiger partial charge in [-0.2, -0.15) is 0 Å². The number of nitrogen functional groups attached to an aromatic ring is 1. The van der Waals surface area contributed by atoms with Crippen LogP contribution in [0.1, 0.15) is 15.9 Å². The van der Waals surface area contributed by atoms with Gasteiger partial charge in [0.1, 0.15) is 5.75 Å². The molecule has 0 aromatic heterocycles. The topological polar surface area (TPSA) is 64.3 Å². The van der Waals surface area contributed by atoms with Gasteiger partial charge in [-0.05, 0) is 48.9 Å². The third-order valence-corrected chi connectivity index (χ3v) is 2.98. The summed E-state index contributed by atoms with van der Waals surface area (Å²) in [5, 5.41) is 2.85. The van der Waals surface area contributed by atoms with E-state index in [0.29, 0.717) is 11.3 Å². The summed E-state index contributed by atoms with van der Waals surface area (Å²) in [5.74, 6) is 0.549. The van der Waals surface area contributed by atoms with Gasteiger partial charge in [-0.25, -0.2) is 0 Å². The zero-order valence-corrected chi connectivity index (χ0v) is 10.9. The van der Waals surface area contributed by atoms with Crippen LogP contribution < -0.4 is 15.8 Å². The highest BCUT2D eigenvalue weighted by Gasteiger charge is 2.08. The molecular formula is C15H16N2O2. The van der Waals surface area contributed by atoms with Crippen LogP contribution in [0.4, 0.5) is 11.4 Å². The number of carbonyl (C=O) groups excluding carboxylic acids is 1. The number of benzene rings is 2. The Kier molecular flexibility index (Phi) is 3.71. The summed E-state index contributed by atoms with van der Waals surface area (Å²) in [7, 11) is 1.59. The van der Waals surface area contributed by atoms with E-state index in [1.165, 1.54) is 0 Å². The third-order valence-electron chi connectivity index (χ3n) is 2.98. The molecular weight excluding hydrogens is 240 g/mol. The van der Waals surface area contributed by atoms with Gasteiger partial charge in [-0.1, -0.05) is 6.07 Å². The van der Waals surface area contributed by atoms with Gasteiger partial charge in [0.2, 0.25) is 0 Å². The Labute approximate surface area is 112 Å². The van der Waals surface area contributed by atoms with Crippen molar-refractivity contribution < 1.29 is 9.53 Å². The maximum Gasteiger partial charge on any atom is 0.255 e. The van der Waals surface area contributed by atoms with E-state index in [0.717, 1.165) is 17.0 Å². The van der Waals surface area contributed by atoms with E-state index in [9.17, 15) is 4.79 Å². The number of carbonyl (C=O) groups is 1. The van der Waals surface area contributed by atoms with Crippen molar-refractivity contribution in [2.45, 2.75) is 6.92 Å². The van der Waals surface area contributed by atoms with Crippen molar-refractivity contribution >= 4 is 17.3 Å². The first kappa shape index (κ1) is 13.0. The zero-order chi connectivity index (χ0) is 13.8. The second kappa shape index (κ2) is 5.44. The van der Waals surface area contributed by atoms with Gasteiger partial charge in [0.05, 0.1) is 7.11 Å². The number of methoxy groups -OCH3 is 1. The number of amides is 1. The predicted molar refractivity (Wildman–Crippen MR) is 76.5 cm³/mol. The van der Waals surface area contributed by atoms with E-state index in [1.54, 1.807) is 37.4 Å². The molecule has 0 atom stereocenters. The molecule has 3 N–H and O–H groups in total. The van der Waals surface area contributed by atoms with Gasteiger partial charge in [0.25, 0.3) is 5.91 Å². The number of hydrogen-bond acceptors (Lipinski definition) is 3. The molecule has 19 heavy (non-hydrogen) atoms. The van der Waals surface area contributed by atoms with Gasteiger partial charge in [-0.15, -0.1) is 0 Å². The highest BCUT2D eigenvalue weighted by atomic mass is 16.5. The first-order valence-corrected chi connectivity index (χ1v) is 5.92. The van der Waals surface area contributed by atoms with Crippen molar-refractivity contribution in [3.8, 4) is 5.75 Å². The molecule has 2 rings (SSSR count). The maximum absolute atomic E-state index is 12.1. The van der Waals surface area contributed by atoms with Crippen LogP contribution in [0.25, 0.3) is 0 Å². The lowest BCUT2D eigenvalue weighted by Crippen LogP contribution is -2.13. The summed E-state index contributed by atoms with van der Waals surface area (Å²) < 4.78 is 5.05. The first-order chi connectivity index (χ1) is 9.11. The van der Waals surface area contributed by atoms with Crippen molar-refractivity contribution in [2.24, 2.45) is 0 Å². The molecule has 0 radical (unpaired) electrons. The minimum absolute atomic E-state index is 0.170. The first-order valence-electron chi connectivity index (χ1n) is 5.92. The number of hydrogen-bond donors (Lipinski definition) is 2. The van der Waals surface area contributed by atoms with Crippen LogP contribution >= 0.6 is 0 Å². The fraction of sp³-hybridized carbons (Fsp3) is 0.133. The number of anilines is 2. The SMILES string of the molecule is COc1ccc(C(=O)Nc2cccc(N)c2C)cc1. The van der Waals surface area contributed by atoms with Gasteiger partial charge in [-0.3, -0.25) is 4.79 Å². The summed E-state index contributed by atoms with van der Waals surface area (Å²) in [5.41, 5.74) is 8.62. The van der Waals surface area contributed by atoms with Crippen molar-refractivity contribution in [2.75, 3.05) is 18.2 Å². The summed E-state index contributed by atoms with van der Waals surface area (Å²) in [6, 6.07) is 12.4. The second-order valence-electron chi connectivity index (χ2n) is 4.20. The molecule has 2 aromatic rings. The molecule has 0 heterocycles. The van der Waals surface area contributed by atoms with E-state index in [-0.39, 0.29) is 5.91 Å². The average Bonchev–Trinajstić information content (AvgIpc) is 2.44. The number of ether oxygens (including phenoxy) is 1. The van der Waals surface area contributed by atoms with Crippen molar-refractivity contribution in [1.29, 1.82) is 0 Å². The van der Waals surface area contributed by atoms with Crippen LogP contribution in [0.2, 0.25) is 0 Å². The lowest BCUT2D eigenvalue weighted by molar-refractivity contribution is 0.102. The van der Waals surface area contributed by atoms with Gasteiger partial charge in [0.15, 0.2) is 0 Å². The summed E-state index contributed by atoms with van der Waals surface area (Å²) in [6.07, 6.45) is 0. The number of nitrogens with two attached hydrogens (primary N) is 1. The molecule has 1 amide bonds. The van der Waals surface area contributed by atoms with Crippen LogP contribution in [0.3, 0.4) is 0 Å². The Morgan fingerprint density at radius 2 is 1.84 bits per heavy atom. The molecule has 0 unspecified atom stereocenters. The molecule has 0 spiro atoms. The molecule has 2 aromatic carbocycles. The smallest absolute Gasteiger partial charge is 0.255 e. The molecule has 0 aliphatic carbocycles. The lowest BCUT2D eigenvalue weighted by atomic mass is 10.1. The average molecular weight is 256 g/mol. The van der Waals surface area contributed by atoms with Gasteiger partial charge >= 0.3 is 0 Å². The molecule has 0 saturated heterocycles. The quantitative estimate of drug-likeness (QED) is 0.830. The Morgan fingerprint density at radius 1 is 1.16 bits per heavy atom. The summed E-state index contributed by atoms with van der Waals surface area (Å²) >= 11 is 0. The summed E-state index contributed by atoms with van der Waals surface area (Å²) in [4.78, 5) is 12.1. The monoisotopic (exact) mass is 256 g/mol. The standard InChI is InChI=1S/C15H16N2O2/c1-10-13(16)4-3-5-14(10)17-15(18)11-6-8-12(19-2)9-7-11/h3-9H,16H2,1-2H3,(H,17,18). The van der Waals surface area contributed by atoms with Crippen molar-refractivity contribution in [1.82, 2.24) is 0 Å². The number of nitrogens with one attached hydrogen (secondary N) is 1. The molecule has 0 aliphatic rings. The minimum Gasteiger partial charge on any atom is -0.497 e. The van der Waals surface area contributed by atoms with Crippen LogP contribution in [-0.2, 0) is 0 Å². The fourth-order valence-electron chi connectivity index (χ4n) is 1.73. The molecule has 0 aliphatic heterocycles. The molecule has 0 fully saturated rings. The van der Waals surface area contributed by atoms with Crippen LogP contribution in [0.5, 0.6) is 5.75 Å². The Balaban J connectivity index is 2.18. The zero-order valence-electron chi connectivity index (χ0n) is 10.9. The van der Waals surface area contributed by atoms with Crippen molar-refractivity contribution in [3.05, 3.63) is 53.6 Å². The highest BCUT2D eigenvalue weighted by Crippen LogP contribution is 2.21. The fourth-order valence-corrected chi connectivity index (χ4v) is 1.73. The Hall–Kier alpha value is -2.49. The van der Waals surface area contributed by atoms with Crippen LogP contribution in [0, 0.1) is 6.92 Å². The lowest BCUT2D eigenvalue weighted by Gasteiger charge is -2.10. The van der Waals surface area contributed by atoms with Crippen LogP contribution in [0.15, 0.2) is 42.5 Å². The molecule has 98 valence electrons. The van der Waals surface area contributed by atoms with E-state index in [4.69, 9.17) is 10.5 Å². The van der Waals surface area contributed by atoms with Crippen molar-refractivity contribution in [3.63, 3.8) is 0 Å². The van der Waals surface area contributed by atoms with E-state index in [1.807, 2.05) is 19.1 Å². The third kappa shape index (κ3) is 2.85. The maximum atomic E-state index is 12.1. The minimum atomic E-state index is -0.170. The van der Waals surface area contributed by atoms with E-state index in [2.05, 4.69) is 5.32 Å². The van der Waals surface area contributed by atoms with Gasteiger partial charge < -0.3 is 15.8 Å². The van der Waals surface area contributed by atoms with E-state index < -0.39 is 0 Å². The second-order valence-corrected chi connectivity index (χ2v) is 4.20.